The van der Waals surface area contributed by atoms with Crippen LogP contribution in [0, 0.1) is 13.8 Å². The summed E-state index contributed by atoms with van der Waals surface area (Å²) in [4.78, 5) is 19.6. The fourth-order valence-electron chi connectivity index (χ4n) is 4.04. The quantitative estimate of drug-likeness (QED) is 0.311. The van der Waals surface area contributed by atoms with Crippen molar-refractivity contribution in [1.29, 1.82) is 0 Å². The number of anilines is 1. The molecule has 9 heteroatoms. The lowest BCUT2D eigenvalue weighted by Crippen LogP contribution is -2.19. The van der Waals surface area contributed by atoms with Crippen LogP contribution in [0.4, 0.5) is 5.69 Å². The monoisotopic (exact) mass is 532 g/mol. The van der Waals surface area contributed by atoms with Gasteiger partial charge in [-0.25, -0.2) is 0 Å². The van der Waals surface area contributed by atoms with Crippen molar-refractivity contribution >= 4 is 22.4 Å². The molecule has 0 bridgehead atoms. The number of aromatic nitrogens is 2. The van der Waals surface area contributed by atoms with Gasteiger partial charge >= 0.3 is 0 Å². The predicted molar refractivity (Wildman–Crippen MR) is 150 cm³/mol. The number of nitrogens with zero attached hydrogens (tertiary/aromatic N) is 3. The summed E-state index contributed by atoms with van der Waals surface area (Å²) in [5.41, 5.74) is 5.63. The number of hydrogen-bond acceptors (Lipinski definition) is 7. The van der Waals surface area contributed by atoms with Gasteiger partial charge < -0.3 is 19.5 Å². The highest BCUT2D eigenvalue weighted by Crippen LogP contribution is 2.29. The van der Waals surface area contributed by atoms with Crippen molar-refractivity contribution in [2.24, 2.45) is 0 Å². The molecule has 8 nitrogen and oxygen atoms in total. The fraction of sp³-hybridized carbons (Fsp3) is 0.276. The molecule has 0 saturated carbocycles. The molecule has 198 valence electrons. The van der Waals surface area contributed by atoms with Crippen molar-refractivity contribution in [1.82, 2.24) is 15.0 Å². The Morgan fingerprint density at radius 3 is 2.39 bits per heavy atom. The molecule has 4 rings (SSSR count). The Balaban J connectivity index is 1.42. The minimum atomic E-state index is -1.24. The van der Waals surface area contributed by atoms with Crippen LogP contribution in [0.3, 0.4) is 0 Å². The Kier molecular flexibility index (Phi) is 8.70. The third kappa shape index (κ3) is 6.73. The van der Waals surface area contributed by atoms with Crippen LogP contribution in [0.15, 0.2) is 70.1 Å². The molecule has 1 unspecified atom stereocenters. The number of carbonyl (C=O) groups is 1. The summed E-state index contributed by atoms with van der Waals surface area (Å²) in [6, 6.07) is 19.2. The predicted octanol–water partition coefficient (Wildman–Crippen LogP) is 4.88. The Morgan fingerprint density at radius 1 is 1.03 bits per heavy atom. The second kappa shape index (κ2) is 12.1. The number of ether oxygens (including phenoxy) is 1. The van der Waals surface area contributed by atoms with Gasteiger partial charge in [-0.1, -0.05) is 41.6 Å². The van der Waals surface area contributed by atoms with Crippen LogP contribution in [-0.4, -0.2) is 58.7 Å². The van der Waals surface area contributed by atoms with Gasteiger partial charge in [0.15, 0.2) is 0 Å². The molecular formula is C29H32N4O4S. The molecule has 0 fully saturated rings. The maximum atomic E-state index is 12.8. The molecule has 4 aromatic rings. The van der Waals surface area contributed by atoms with Crippen LogP contribution >= 0.6 is 0 Å². The number of rotatable bonds is 10. The summed E-state index contributed by atoms with van der Waals surface area (Å²) in [5, 5.41) is 6.91. The Labute approximate surface area is 225 Å². The van der Waals surface area contributed by atoms with Crippen molar-refractivity contribution in [3.63, 3.8) is 0 Å². The van der Waals surface area contributed by atoms with E-state index in [1.165, 1.54) is 0 Å². The van der Waals surface area contributed by atoms with Crippen LogP contribution in [-0.2, 0) is 22.0 Å². The lowest BCUT2D eigenvalue weighted by molar-refractivity contribution is -0.115. The summed E-state index contributed by atoms with van der Waals surface area (Å²) in [6.45, 7) is 4.50. The highest BCUT2D eigenvalue weighted by atomic mass is 32.2. The third-order valence-electron chi connectivity index (χ3n) is 6.06. The standard InChI is InChI=1S/C29H32N4O4S/c1-19-16-23(29-30-20(2)37-32-29)10-12-25(19)22-8-6-21(7-9-22)17-28(34)31-24-11-13-26(36-5)27(18-24)38(35)15-14-33(3)4/h6-13,16,18H,14-15,17H2,1-5H3,(H,31,34). The van der Waals surface area contributed by atoms with E-state index in [2.05, 4.69) is 15.5 Å². The number of amides is 1. The molecule has 0 saturated heterocycles. The number of methoxy groups -OCH3 is 1. The first kappa shape index (κ1) is 27.2. The average Bonchev–Trinajstić information content (AvgIpc) is 3.34. The number of nitrogens with one attached hydrogen (secondary N) is 1. The zero-order valence-corrected chi connectivity index (χ0v) is 23.1. The molecule has 1 N–H and O–H groups in total. The van der Waals surface area contributed by atoms with Gasteiger partial charge in [-0.3, -0.25) is 9.00 Å². The van der Waals surface area contributed by atoms with Crippen molar-refractivity contribution in [2.75, 3.05) is 38.8 Å². The normalized spacial score (nSPS) is 11.9. The molecule has 0 aliphatic rings. The molecule has 1 heterocycles. The summed E-state index contributed by atoms with van der Waals surface area (Å²) in [5.74, 6) is 1.98. The zero-order valence-electron chi connectivity index (χ0n) is 22.3. The van der Waals surface area contributed by atoms with Crippen molar-refractivity contribution in [3.8, 4) is 28.3 Å². The highest BCUT2D eigenvalue weighted by molar-refractivity contribution is 7.85. The molecule has 0 spiro atoms. The molecule has 0 aliphatic carbocycles. The van der Waals surface area contributed by atoms with Crippen LogP contribution < -0.4 is 10.1 Å². The van der Waals surface area contributed by atoms with Crippen LogP contribution in [0.5, 0.6) is 5.75 Å². The van der Waals surface area contributed by atoms with E-state index in [-0.39, 0.29) is 12.3 Å². The molecule has 1 atom stereocenters. The van der Waals surface area contributed by atoms with Gasteiger partial charge in [0, 0.05) is 30.5 Å². The second-order valence-electron chi connectivity index (χ2n) is 9.31. The Hall–Kier alpha value is -3.82. The smallest absolute Gasteiger partial charge is 0.228 e. The van der Waals surface area contributed by atoms with Gasteiger partial charge in [-0.15, -0.1) is 0 Å². The SMILES string of the molecule is COc1ccc(NC(=O)Cc2ccc(-c3ccc(-c4noc(C)n4)cc3C)cc2)cc1S(=O)CCN(C)C. The lowest BCUT2D eigenvalue weighted by Gasteiger charge is -2.13. The van der Waals surface area contributed by atoms with Crippen molar-refractivity contribution in [3.05, 3.63) is 77.7 Å². The van der Waals surface area contributed by atoms with E-state index >= 15 is 0 Å². The van der Waals surface area contributed by atoms with E-state index in [1.807, 2.05) is 68.4 Å². The van der Waals surface area contributed by atoms with Gasteiger partial charge in [-0.05, 0) is 67.5 Å². The number of hydrogen-bond donors (Lipinski definition) is 1. The van der Waals surface area contributed by atoms with Gasteiger partial charge in [0.1, 0.15) is 5.75 Å². The Bertz CT molecular complexity index is 1450. The molecule has 1 amide bonds. The average molecular weight is 533 g/mol. The highest BCUT2D eigenvalue weighted by Gasteiger charge is 2.14. The minimum absolute atomic E-state index is 0.149. The maximum Gasteiger partial charge on any atom is 0.228 e. The maximum absolute atomic E-state index is 12.8. The molecular weight excluding hydrogens is 500 g/mol. The molecule has 38 heavy (non-hydrogen) atoms. The van der Waals surface area contributed by atoms with E-state index in [0.29, 0.717) is 40.3 Å². The van der Waals surface area contributed by atoms with Crippen LogP contribution in [0.1, 0.15) is 17.0 Å². The largest absolute Gasteiger partial charge is 0.495 e. The number of benzene rings is 3. The van der Waals surface area contributed by atoms with E-state index in [0.717, 1.165) is 27.8 Å². The first-order valence-corrected chi connectivity index (χ1v) is 13.6. The number of aryl methyl sites for hydroxylation is 2. The molecule has 0 aliphatic heterocycles. The van der Waals surface area contributed by atoms with E-state index in [1.54, 1.807) is 32.2 Å². The minimum Gasteiger partial charge on any atom is -0.495 e. The topological polar surface area (TPSA) is 97.6 Å². The zero-order chi connectivity index (χ0) is 27.2. The first-order valence-electron chi connectivity index (χ1n) is 12.2. The summed E-state index contributed by atoms with van der Waals surface area (Å²) < 4.78 is 23.3. The number of carbonyl (C=O) groups excluding carboxylic acids is 1. The van der Waals surface area contributed by atoms with Gasteiger partial charge in [0.25, 0.3) is 0 Å². The van der Waals surface area contributed by atoms with Crippen LogP contribution in [0.25, 0.3) is 22.5 Å². The van der Waals surface area contributed by atoms with Gasteiger partial charge in [-0.2, -0.15) is 4.98 Å². The third-order valence-corrected chi connectivity index (χ3v) is 7.42. The molecule has 0 radical (unpaired) electrons. The van der Waals surface area contributed by atoms with Gasteiger partial charge in [0.2, 0.25) is 17.6 Å². The fourth-order valence-corrected chi connectivity index (χ4v) is 5.43. The Morgan fingerprint density at radius 2 is 1.76 bits per heavy atom. The molecule has 1 aromatic heterocycles. The first-order chi connectivity index (χ1) is 18.2. The second-order valence-corrected chi connectivity index (χ2v) is 10.8. The van der Waals surface area contributed by atoms with E-state index < -0.39 is 10.8 Å². The van der Waals surface area contributed by atoms with E-state index in [9.17, 15) is 9.00 Å². The summed E-state index contributed by atoms with van der Waals surface area (Å²) in [7, 11) is 4.18. The summed E-state index contributed by atoms with van der Waals surface area (Å²) in [6.07, 6.45) is 0.223. The van der Waals surface area contributed by atoms with E-state index in [4.69, 9.17) is 9.26 Å². The van der Waals surface area contributed by atoms with Gasteiger partial charge in [0.05, 0.1) is 29.2 Å². The molecule has 3 aromatic carbocycles. The van der Waals surface area contributed by atoms with Crippen molar-refractivity contribution in [2.45, 2.75) is 25.2 Å². The van der Waals surface area contributed by atoms with Crippen molar-refractivity contribution < 1.29 is 18.3 Å². The summed E-state index contributed by atoms with van der Waals surface area (Å²) >= 11 is 0. The van der Waals surface area contributed by atoms with Crippen LogP contribution in [0.2, 0.25) is 0 Å². The lowest BCUT2D eigenvalue weighted by atomic mass is 9.97.